The molecule has 1 fully saturated rings. The number of ketones is 2. The molecule has 130 heavy (non-hydrogen) atoms. The SMILES string of the molecule is CC(C)(C)OC(=O)NCCCCNC(=O)OCc1ccc(N)cc1.CC(C)[C@H](C)C(=O)N[C@@H](CCCNC(N)=O)C(=O)O.CC(C)[C@H](C)C(=O)O.CC(C)[C@H](CC(=O)CCCC(=O)O)C(=O)N[C@@H](CCCNC(N)=O)C(=O)Cc1ccc(COC(=O)NCCCCNC(=O)OC(C)(C)C)cc1.CO.NC(=O)NCCC[C@H](N)C(=O)O.O=C1CCCC(=O)O1.O=CO[O-].[2H]C#C.[Na+]. The molecule has 734 valence electrons. The summed E-state index contributed by atoms with van der Waals surface area (Å²) in [7, 11) is 1.00. The zero-order valence-electron chi connectivity index (χ0n) is 78.9. The second-order valence-corrected chi connectivity index (χ2v) is 31.3. The first-order chi connectivity index (χ1) is 60.7. The summed E-state index contributed by atoms with van der Waals surface area (Å²) in [5.41, 5.74) is 27.4. The second-order valence-electron chi connectivity index (χ2n) is 31.3. The topological polar surface area (TPSA) is 725 Å². The smallest absolute Gasteiger partial charge is 0.662 e. The number of esters is 2. The molecule has 1 aliphatic heterocycles. The number of carbonyl (C=O) groups excluding carboxylic acids is 14. The molecule has 0 bridgehead atoms. The van der Waals surface area contributed by atoms with Crippen LogP contribution in [-0.4, -0.2) is 216 Å². The maximum atomic E-state index is 13.4. The molecule has 0 saturated carbocycles. The maximum Gasteiger partial charge on any atom is 1.00 e. The number of benzene rings is 2. The number of terminal acetylenes is 1. The zero-order valence-corrected chi connectivity index (χ0v) is 79.9. The Morgan fingerprint density at radius 2 is 0.862 bits per heavy atom. The normalized spacial score (nSPS) is 12.2. The first-order valence-corrected chi connectivity index (χ1v) is 41.5. The van der Waals surface area contributed by atoms with Crippen LogP contribution in [0, 0.1) is 48.3 Å². The molecule has 1 heterocycles. The van der Waals surface area contributed by atoms with E-state index in [1.54, 1.807) is 84.9 Å². The zero-order chi connectivity index (χ0) is 101. The number of alkyl carbamates (subject to hydrolysis) is 4. The van der Waals surface area contributed by atoms with Gasteiger partial charge in [-0.05, 0) is 165 Å². The van der Waals surface area contributed by atoms with Crippen molar-refractivity contribution < 1.29 is 177 Å². The summed E-state index contributed by atoms with van der Waals surface area (Å²) in [6, 6.07) is 9.40. The number of hydrogen-bond acceptors (Lipinski definition) is 28. The Morgan fingerprint density at radius 3 is 1.18 bits per heavy atom. The number of ether oxygens (including phenoxy) is 5. The van der Waals surface area contributed by atoms with Crippen molar-refractivity contribution in [1.29, 1.82) is 0 Å². The van der Waals surface area contributed by atoms with E-state index in [-0.39, 0.29) is 166 Å². The third-order valence-electron chi connectivity index (χ3n) is 17.0. The maximum absolute atomic E-state index is 13.4. The number of nitrogen functional groups attached to an aromatic ring is 1. The molecule has 6 atom stereocenters. The molecule has 44 nitrogen and oxygen atoms in total. The largest absolute Gasteiger partial charge is 1.00 e. The first-order valence-electron chi connectivity index (χ1n) is 42.0. The Bertz CT molecular complexity index is 3700. The summed E-state index contributed by atoms with van der Waals surface area (Å²) in [6.45, 7) is 28.1. The number of carboxylic acid groups (broad SMARTS) is 4. The Balaban J connectivity index is -0.000000313. The number of rotatable bonds is 46. The molecule has 3 rings (SSSR count). The molecular formula is C85H143N14NaO30. The predicted octanol–water partition coefficient (Wildman–Crippen LogP) is 2.59. The van der Waals surface area contributed by atoms with Crippen molar-refractivity contribution in [2.24, 2.45) is 58.4 Å². The van der Waals surface area contributed by atoms with E-state index in [0.29, 0.717) is 107 Å². The third kappa shape index (κ3) is 83.3. The number of primary amides is 3. The van der Waals surface area contributed by atoms with Crippen LogP contribution in [0.15, 0.2) is 48.5 Å². The van der Waals surface area contributed by atoms with Crippen LogP contribution in [0.4, 0.5) is 39.2 Å². The van der Waals surface area contributed by atoms with Crippen molar-refractivity contribution in [3.8, 4) is 12.8 Å². The van der Waals surface area contributed by atoms with Gasteiger partial charge in [-0.25, -0.2) is 38.4 Å². The molecule has 24 N–H and O–H groups in total. The number of nitrogens with two attached hydrogens (primary N) is 5. The first kappa shape index (κ1) is 129. The third-order valence-corrected chi connectivity index (χ3v) is 17.0. The van der Waals surface area contributed by atoms with E-state index < -0.39 is 107 Å². The van der Waals surface area contributed by atoms with Gasteiger partial charge in [-0.2, -0.15) is 0 Å². The number of carbonyl (C=O) groups is 18. The van der Waals surface area contributed by atoms with Gasteiger partial charge in [-0.15, -0.1) is 12.8 Å². The Labute approximate surface area is 784 Å². The van der Waals surface area contributed by atoms with Crippen LogP contribution in [0.5, 0.6) is 0 Å². The van der Waals surface area contributed by atoms with Crippen LogP contribution >= 0.6 is 0 Å². The number of aliphatic hydroxyl groups is 1. The van der Waals surface area contributed by atoms with Gasteiger partial charge in [0.15, 0.2) is 5.78 Å². The molecular weight excluding hydrogens is 1720 g/mol. The molecule has 0 spiro atoms. The van der Waals surface area contributed by atoms with Crippen molar-refractivity contribution in [1.82, 2.24) is 47.9 Å². The Kier molecular flexibility index (Phi) is 79.0. The molecule has 0 unspecified atom stereocenters. The minimum atomic E-state index is -1.08. The molecule has 0 aromatic heterocycles. The summed E-state index contributed by atoms with van der Waals surface area (Å²) < 4.78 is 30.6. The molecule has 45 heteroatoms. The molecule has 1 saturated heterocycles. The summed E-state index contributed by atoms with van der Waals surface area (Å²) in [6.07, 6.45) is 10.1. The summed E-state index contributed by atoms with van der Waals surface area (Å²) >= 11 is 0. The number of unbranched alkanes of at least 4 members (excludes halogenated alkanes) is 2. The van der Waals surface area contributed by atoms with E-state index >= 15 is 0 Å². The van der Waals surface area contributed by atoms with E-state index in [2.05, 4.69) is 63.9 Å². The summed E-state index contributed by atoms with van der Waals surface area (Å²) in [5, 5.41) is 73.1. The van der Waals surface area contributed by atoms with Gasteiger partial charge in [-0.3, -0.25) is 47.9 Å². The van der Waals surface area contributed by atoms with E-state index in [9.17, 15) is 81.5 Å². The fraction of sp³-hybridized carbons (Fsp3) is 0.624. The van der Waals surface area contributed by atoms with E-state index in [4.69, 9.17) is 84.6 Å². The summed E-state index contributed by atoms with van der Waals surface area (Å²) in [4.78, 5) is 203. The van der Waals surface area contributed by atoms with Crippen LogP contribution in [0.2, 0.25) is 0 Å². The number of aliphatic hydroxyl groups excluding tert-OH is 1. The predicted molar refractivity (Wildman–Crippen MR) is 472 cm³/mol. The van der Waals surface area contributed by atoms with E-state index in [1.807, 2.05) is 60.6 Å². The van der Waals surface area contributed by atoms with Crippen molar-refractivity contribution in [3.05, 3.63) is 65.2 Å². The number of cyclic esters (lactones) is 2. The minimum absolute atomic E-state index is 0. The van der Waals surface area contributed by atoms with Crippen LogP contribution in [0.25, 0.3) is 0 Å². The number of aliphatic carboxylic acids is 4. The van der Waals surface area contributed by atoms with Gasteiger partial charge in [0.2, 0.25) is 11.8 Å². The van der Waals surface area contributed by atoms with Gasteiger partial charge < -0.3 is 136 Å². The standard InChI is InChI=1S/C35H55N5O10.C17H27N3O4.C12H23N3O4.C6H13N3O3.C6H12O2.C5H6O3.C2H2.CH2O3.CH4O.Na/c1-23(2)27(21-26(41)10-8-12-30(43)44)31(45)40-28(11-9-19-37-32(36)46)29(42)20-24-13-15-25(16-14-24)22-49-33(47)38-17-6-7-18-39-34(48)50-35(3,4)5;1-17(2,3)24-16(22)20-11-5-4-10-19-15(21)23-12-13-6-8-14(18)9-7-13;1-7(2)8(3)10(16)15-9(11(17)18)5-4-6-14-12(13)19;7-4(5(10)11)2-1-3-9-6(8)12;1-4(2)5(3)6(7)8;6-4-2-1-3-5(7)8-4;1-2;2-1-4-3;1-2;/h13-16,23,27-28H,6-12,17-22H2,1-5H3,(H,38,47)(H,39,48)(H,40,45)(H,43,44)(H3,36,37,46);6-9H,4-5,10-12,18H2,1-3H3,(H,19,21)(H,20,22);7-9H,4-6H2,1-3H3,(H,15,16)(H,17,18)(H3,13,14,19);4H,1-3,7H2,(H,10,11)(H3,8,9,12);4-5H,1-3H3,(H,7,8);1-3H2;1-2H;1,3H;2H,1H3;/q;;;;;;;;;+1/p-1/t27-,28-;;8-,9-;4-;5-;;;;;/m0.000...../s1/i;;;;;;1D;;;. The second kappa shape index (κ2) is 79.5. The summed E-state index contributed by atoms with van der Waals surface area (Å²) in [5.74, 6) is -6.79. The number of carboxylic acids is 4. The number of anilines is 1. The quantitative estimate of drug-likeness (QED) is 0.00433. The van der Waals surface area contributed by atoms with E-state index in [1.165, 1.54) is 6.40 Å². The van der Waals surface area contributed by atoms with Gasteiger partial charge in [0.05, 0.1) is 12.0 Å². The molecule has 0 aliphatic carbocycles. The number of amides is 12. The van der Waals surface area contributed by atoms with Gasteiger partial charge >= 0.3 is 108 Å². The minimum Gasteiger partial charge on any atom is -0.662 e. The number of nitrogens with one attached hydrogen (secondary N) is 9. The van der Waals surface area contributed by atoms with E-state index in [0.717, 1.165) is 25.5 Å². The van der Waals surface area contributed by atoms with Gasteiger partial charge in [-0.1, -0.05) is 91.8 Å². The van der Waals surface area contributed by atoms with Crippen LogP contribution in [0.1, 0.15) is 224 Å². The van der Waals surface area contributed by atoms with Crippen molar-refractivity contribution in [2.75, 3.05) is 58.7 Å². The molecule has 12 amide bonds. The number of hydrogen-bond donors (Lipinski definition) is 19. The average Bonchev–Trinajstić information content (AvgIpc) is 0.859. The number of Topliss-reactive ketones (excluding diaryl/α,β-unsaturated/α-hetero) is 2. The fourth-order valence-electron chi connectivity index (χ4n) is 9.44. The average molecular weight is 1870 g/mol. The van der Waals surface area contributed by atoms with Crippen molar-refractivity contribution >= 4 is 114 Å². The Hall–Kier alpha value is -11.7. The van der Waals surface area contributed by atoms with Gasteiger partial charge in [0, 0.05) is 109 Å². The van der Waals surface area contributed by atoms with Crippen molar-refractivity contribution in [3.63, 3.8) is 0 Å². The molecule has 2 aromatic carbocycles. The monoisotopic (exact) mass is 1860 g/mol. The van der Waals surface area contributed by atoms with Crippen LogP contribution < -0.4 is 111 Å². The van der Waals surface area contributed by atoms with Gasteiger partial charge in [0.25, 0.3) is 6.47 Å². The number of urea groups is 3. The van der Waals surface area contributed by atoms with Crippen LogP contribution in [-0.2, 0) is 101 Å². The Morgan fingerprint density at radius 1 is 0.508 bits per heavy atom. The molecule has 1 aliphatic rings. The fourth-order valence-corrected chi connectivity index (χ4v) is 9.44. The van der Waals surface area contributed by atoms with Crippen molar-refractivity contribution in [2.45, 2.75) is 255 Å². The molecule has 2 aromatic rings. The molecule has 0 radical (unpaired) electrons. The van der Waals surface area contributed by atoms with Crippen LogP contribution in [0.3, 0.4) is 0 Å². The van der Waals surface area contributed by atoms with Gasteiger partial charge in [0.1, 0.15) is 43.7 Å².